The Morgan fingerprint density at radius 2 is 2.00 bits per heavy atom. The molecule has 5 nitrogen and oxygen atoms in total. The van der Waals surface area contributed by atoms with Gasteiger partial charge in [0.15, 0.2) is 11.5 Å². The number of aryl methyl sites for hydroxylation is 2. The Morgan fingerprint density at radius 1 is 1.12 bits per heavy atom. The van der Waals surface area contributed by atoms with Crippen LogP contribution in [0.1, 0.15) is 34.7 Å². The monoisotopic (exact) mass is 352 g/mol. The van der Waals surface area contributed by atoms with E-state index in [4.69, 9.17) is 9.47 Å². The van der Waals surface area contributed by atoms with Crippen LogP contribution in [0.3, 0.4) is 0 Å². The van der Waals surface area contributed by atoms with E-state index in [0.717, 1.165) is 46.5 Å². The molecule has 0 radical (unpaired) electrons. The van der Waals surface area contributed by atoms with Gasteiger partial charge in [-0.25, -0.2) is 4.98 Å². The lowest BCUT2D eigenvalue weighted by Crippen LogP contribution is -2.11. The van der Waals surface area contributed by atoms with Crippen molar-refractivity contribution >= 4 is 33.7 Å². The maximum atomic E-state index is 12.5. The van der Waals surface area contributed by atoms with Crippen molar-refractivity contribution in [2.75, 3.05) is 6.79 Å². The number of thiophene rings is 1. The van der Waals surface area contributed by atoms with Gasteiger partial charge in [-0.05, 0) is 55.0 Å². The van der Waals surface area contributed by atoms with Crippen LogP contribution in [-0.4, -0.2) is 16.8 Å². The average Bonchev–Trinajstić information content (AvgIpc) is 3.23. The van der Waals surface area contributed by atoms with E-state index in [9.17, 15) is 4.79 Å². The molecule has 0 unspecified atom stereocenters. The van der Waals surface area contributed by atoms with Crippen molar-refractivity contribution in [2.24, 2.45) is 0 Å². The highest BCUT2D eigenvalue weighted by Gasteiger charge is 2.19. The van der Waals surface area contributed by atoms with Gasteiger partial charge in [0.1, 0.15) is 10.7 Å². The molecule has 0 spiro atoms. The van der Waals surface area contributed by atoms with Crippen molar-refractivity contribution in [3.05, 3.63) is 50.4 Å². The Kier molecular flexibility index (Phi) is 3.38. The first-order valence-electron chi connectivity index (χ1n) is 8.40. The molecule has 1 N–H and O–H groups in total. The molecule has 0 bridgehead atoms. The predicted molar refractivity (Wildman–Crippen MR) is 98.4 cm³/mol. The number of fused-ring (bicyclic) bond motifs is 4. The van der Waals surface area contributed by atoms with Gasteiger partial charge in [-0.15, -0.1) is 11.3 Å². The van der Waals surface area contributed by atoms with E-state index in [1.165, 1.54) is 16.9 Å². The van der Waals surface area contributed by atoms with Gasteiger partial charge >= 0.3 is 0 Å². The molecule has 126 valence electrons. The number of aromatic nitrogens is 2. The number of benzene rings is 1. The van der Waals surface area contributed by atoms with E-state index in [0.29, 0.717) is 5.82 Å². The minimum Gasteiger partial charge on any atom is -0.454 e. The molecule has 0 atom stereocenters. The van der Waals surface area contributed by atoms with Crippen molar-refractivity contribution in [2.45, 2.75) is 25.7 Å². The van der Waals surface area contributed by atoms with Crippen LogP contribution in [0.25, 0.3) is 22.4 Å². The molecule has 0 saturated heterocycles. The van der Waals surface area contributed by atoms with Crippen molar-refractivity contribution in [3.8, 4) is 11.5 Å². The molecule has 0 amide bonds. The molecular weight excluding hydrogens is 336 g/mol. The zero-order chi connectivity index (χ0) is 16.8. The van der Waals surface area contributed by atoms with Gasteiger partial charge in [0.2, 0.25) is 6.79 Å². The van der Waals surface area contributed by atoms with E-state index in [1.54, 1.807) is 11.3 Å². The fourth-order valence-electron chi connectivity index (χ4n) is 3.45. The van der Waals surface area contributed by atoms with Crippen LogP contribution in [0.5, 0.6) is 11.5 Å². The van der Waals surface area contributed by atoms with Gasteiger partial charge in [0.05, 0.1) is 5.39 Å². The Bertz CT molecular complexity index is 1060. The largest absolute Gasteiger partial charge is 0.454 e. The maximum absolute atomic E-state index is 12.5. The first-order chi connectivity index (χ1) is 12.3. The summed E-state index contributed by atoms with van der Waals surface area (Å²) in [4.78, 5) is 22.3. The summed E-state index contributed by atoms with van der Waals surface area (Å²) in [7, 11) is 0. The lowest BCUT2D eigenvalue weighted by atomic mass is 9.97. The number of nitrogens with zero attached hydrogens (tertiary/aromatic N) is 1. The molecule has 3 heterocycles. The first kappa shape index (κ1) is 14.7. The fraction of sp³-hybridized carbons (Fsp3) is 0.263. The molecule has 25 heavy (non-hydrogen) atoms. The van der Waals surface area contributed by atoms with Crippen molar-refractivity contribution < 1.29 is 9.47 Å². The van der Waals surface area contributed by atoms with E-state index in [1.807, 2.05) is 30.4 Å². The molecule has 0 saturated carbocycles. The van der Waals surface area contributed by atoms with Gasteiger partial charge in [-0.1, -0.05) is 12.1 Å². The molecule has 1 aliphatic heterocycles. The standard InChI is InChI=1S/C19H16N2O3S/c22-18-17-12-3-1-2-4-15(12)25-19(17)21-16(20-18)8-6-11-5-7-13-14(9-11)24-10-23-13/h5-9H,1-4,10H2,(H,20,21,22). The van der Waals surface area contributed by atoms with Crippen molar-refractivity contribution in [3.63, 3.8) is 0 Å². The number of hydrogen-bond donors (Lipinski definition) is 1. The summed E-state index contributed by atoms with van der Waals surface area (Å²) in [5.74, 6) is 2.08. The summed E-state index contributed by atoms with van der Waals surface area (Å²) in [5, 5.41) is 0.792. The number of H-pyrrole nitrogens is 1. The highest BCUT2D eigenvalue weighted by molar-refractivity contribution is 7.18. The zero-order valence-corrected chi connectivity index (χ0v) is 14.3. The lowest BCUT2D eigenvalue weighted by molar-refractivity contribution is 0.174. The molecule has 6 heteroatoms. The SMILES string of the molecule is O=c1[nH]c(C=Cc2ccc3c(c2)OCO3)nc2sc3c(c12)CCCC3. The molecule has 1 aromatic carbocycles. The molecule has 2 aromatic heterocycles. The summed E-state index contributed by atoms with van der Waals surface area (Å²) in [6.07, 6.45) is 8.17. The third kappa shape index (κ3) is 2.53. The van der Waals surface area contributed by atoms with Crippen LogP contribution in [0, 0.1) is 0 Å². The molecule has 0 fully saturated rings. The number of aromatic amines is 1. The Hall–Kier alpha value is -2.60. The van der Waals surface area contributed by atoms with E-state index < -0.39 is 0 Å². The quantitative estimate of drug-likeness (QED) is 0.763. The molecule has 1 aliphatic carbocycles. The Labute approximate surface area is 147 Å². The normalized spacial score (nSPS) is 15.8. The molecular formula is C19H16N2O3S. The third-order valence-corrected chi connectivity index (χ3v) is 5.86. The molecule has 3 aromatic rings. The number of ether oxygens (including phenoxy) is 2. The minimum atomic E-state index is -0.0327. The summed E-state index contributed by atoms with van der Waals surface area (Å²) in [6.45, 7) is 0.261. The second-order valence-corrected chi connectivity index (χ2v) is 7.37. The second kappa shape index (κ2) is 5.74. The van der Waals surface area contributed by atoms with Crippen molar-refractivity contribution in [1.29, 1.82) is 0 Å². The van der Waals surface area contributed by atoms with Gasteiger partial charge < -0.3 is 14.5 Å². The summed E-state index contributed by atoms with van der Waals surface area (Å²) in [5.41, 5.74) is 2.15. The van der Waals surface area contributed by atoms with Crippen molar-refractivity contribution in [1.82, 2.24) is 9.97 Å². The summed E-state index contributed by atoms with van der Waals surface area (Å²) < 4.78 is 10.7. The van der Waals surface area contributed by atoms with E-state index in [-0.39, 0.29) is 12.4 Å². The zero-order valence-electron chi connectivity index (χ0n) is 13.5. The van der Waals surface area contributed by atoms with Gasteiger partial charge in [0.25, 0.3) is 5.56 Å². The number of rotatable bonds is 2. The van der Waals surface area contributed by atoms with Crippen LogP contribution in [0.15, 0.2) is 23.0 Å². The van der Waals surface area contributed by atoms with Crippen LogP contribution in [0.2, 0.25) is 0 Å². The smallest absolute Gasteiger partial charge is 0.260 e. The van der Waals surface area contributed by atoms with Crippen LogP contribution >= 0.6 is 11.3 Å². The minimum absolute atomic E-state index is 0.0327. The van der Waals surface area contributed by atoms with Crippen LogP contribution in [0.4, 0.5) is 0 Å². The fourth-order valence-corrected chi connectivity index (χ4v) is 4.72. The Morgan fingerprint density at radius 3 is 2.96 bits per heavy atom. The maximum Gasteiger partial charge on any atom is 0.260 e. The van der Waals surface area contributed by atoms with Crippen LogP contribution in [-0.2, 0) is 12.8 Å². The summed E-state index contributed by atoms with van der Waals surface area (Å²) >= 11 is 1.66. The first-order valence-corrected chi connectivity index (χ1v) is 9.22. The number of nitrogens with one attached hydrogen (secondary N) is 1. The van der Waals surface area contributed by atoms with Gasteiger partial charge in [0, 0.05) is 4.88 Å². The average molecular weight is 352 g/mol. The number of hydrogen-bond acceptors (Lipinski definition) is 5. The topological polar surface area (TPSA) is 64.2 Å². The van der Waals surface area contributed by atoms with E-state index in [2.05, 4.69) is 9.97 Å². The van der Waals surface area contributed by atoms with Gasteiger partial charge in [-0.2, -0.15) is 0 Å². The Balaban J connectivity index is 1.52. The summed E-state index contributed by atoms with van der Waals surface area (Å²) in [6, 6.07) is 5.75. The predicted octanol–water partition coefficient (Wildman–Crippen LogP) is 3.76. The van der Waals surface area contributed by atoms with Crippen LogP contribution < -0.4 is 15.0 Å². The molecule has 2 aliphatic rings. The third-order valence-electron chi connectivity index (χ3n) is 4.67. The highest BCUT2D eigenvalue weighted by Crippen LogP contribution is 2.34. The molecule has 5 rings (SSSR count). The van der Waals surface area contributed by atoms with E-state index >= 15 is 0 Å². The van der Waals surface area contributed by atoms with Gasteiger partial charge in [-0.3, -0.25) is 4.79 Å². The highest BCUT2D eigenvalue weighted by atomic mass is 32.1. The lowest BCUT2D eigenvalue weighted by Gasteiger charge is -2.09. The second-order valence-electron chi connectivity index (χ2n) is 6.29.